The predicted octanol–water partition coefficient (Wildman–Crippen LogP) is 2.64. The van der Waals surface area contributed by atoms with Crippen LogP contribution in [0.5, 0.6) is 5.75 Å². The highest BCUT2D eigenvalue weighted by Crippen LogP contribution is 2.21. The van der Waals surface area contributed by atoms with E-state index in [4.69, 9.17) is 9.94 Å². The summed E-state index contributed by atoms with van der Waals surface area (Å²) in [7, 11) is 3.15. The number of hydrogen-bond acceptors (Lipinski definition) is 5. The summed E-state index contributed by atoms with van der Waals surface area (Å²) in [5.41, 5.74) is 3.01. The largest absolute Gasteiger partial charge is 0.497 e. The molecule has 2 amide bonds. The number of aliphatic hydroxyl groups excluding tert-OH is 1. The first-order valence-electron chi connectivity index (χ1n) is 9.10. The smallest absolute Gasteiger partial charge is 0.253 e. The van der Waals surface area contributed by atoms with E-state index in [1.807, 2.05) is 18.2 Å². The van der Waals surface area contributed by atoms with Gasteiger partial charge in [-0.3, -0.25) is 14.8 Å². The van der Waals surface area contributed by atoms with Gasteiger partial charge < -0.3 is 14.7 Å². The molecule has 0 aromatic heterocycles. The lowest BCUT2D eigenvalue weighted by Crippen LogP contribution is -2.43. The van der Waals surface area contributed by atoms with Crippen LogP contribution < -0.4 is 10.2 Å². The number of carbonyl (C=O) groups excluding carboxylic acids is 2. The molecule has 8 heteroatoms. The van der Waals surface area contributed by atoms with Crippen molar-refractivity contribution in [2.45, 2.75) is 18.9 Å². The Hall–Kier alpha value is -2.42. The van der Waals surface area contributed by atoms with Crippen molar-refractivity contribution in [3.8, 4) is 5.75 Å². The van der Waals surface area contributed by atoms with E-state index in [-0.39, 0.29) is 18.9 Å². The lowest BCUT2D eigenvalue weighted by atomic mass is 9.91. The highest BCUT2D eigenvalue weighted by atomic mass is 79.9. The molecule has 2 atom stereocenters. The van der Waals surface area contributed by atoms with Crippen LogP contribution in [0.2, 0.25) is 0 Å². The zero-order chi connectivity index (χ0) is 21.4. The minimum Gasteiger partial charge on any atom is -0.497 e. The second kappa shape index (κ2) is 10.9. The van der Waals surface area contributed by atoms with Crippen molar-refractivity contribution < 1.29 is 24.6 Å². The van der Waals surface area contributed by atoms with Crippen molar-refractivity contribution in [2.75, 3.05) is 20.8 Å². The van der Waals surface area contributed by atoms with Crippen LogP contribution in [0, 0.1) is 5.92 Å². The Labute approximate surface area is 178 Å². The van der Waals surface area contributed by atoms with E-state index in [1.54, 1.807) is 50.0 Å². The van der Waals surface area contributed by atoms with Crippen molar-refractivity contribution in [1.29, 1.82) is 0 Å². The summed E-state index contributed by atoms with van der Waals surface area (Å²) in [6, 6.07) is 13.6. The number of hydrogen-bond donors (Lipinski definition) is 3. The molecule has 0 bridgehead atoms. The van der Waals surface area contributed by atoms with Crippen LogP contribution in [-0.2, 0) is 11.2 Å². The number of rotatable bonds is 9. The number of ether oxygens (including phenoxy) is 1. The topological polar surface area (TPSA) is 99.1 Å². The zero-order valence-corrected chi connectivity index (χ0v) is 17.9. The molecule has 2 aromatic rings. The van der Waals surface area contributed by atoms with Gasteiger partial charge in [0.05, 0.1) is 19.8 Å². The van der Waals surface area contributed by atoms with Crippen molar-refractivity contribution in [3.63, 3.8) is 0 Å². The number of benzene rings is 2. The average Bonchev–Trinajstić information content (AvgIpc) is 2.75. The summed E-state index contributed by atoms with van der Waals surface area (Å²) in [5.74, 6) is -0.826. The monoisotopic (exact) mass is 464 g/mol. The highest BCUT2D eigenvalue weighted by Gasteiger charge is 2.28. The van der Waals surface area contributed by atoms with E-state index >= 15 is 0 Å². The molecule has 3 N–H and O–H groups in total. The molecule has 0 aliphatic carbocycles. The molecule has 0 saturated heterocycles. The van der Waals surface area contributed by atoms with Gasteiger partial charge in [0.15, 0.2) is 0 Å². The minimum atomic E-state index is -0.649. The van der Waals surface area contributed by atoms with Crippen molar-refractivity contribution in [3.05, 3.63) is 64.1 Å². The van der Waals surface area contributed by atoms with Crippen LogP contribution >= 0.6 is 15.9 Å². The second-order valence-electron chi connectivity index (χ2n) is 6.72. The van der Waals surface area contributed by atoms with Crippen LogP contribution in [0.1, 0.15) is 22.3 Å². The fourth-order valence-corrected chi connectivity index (χ4v) is 3.37. The maximum Gasteiger partial charge on any atom is 0.253 e. The minimum absolute atomic E-state index is 0.179. The summed E-state index contributed by atoms with van der Waals surface area (Å²) in [5, 5.41) is 19.0. The summed E-state index contributed by atoms with van der Waals surface area (Å²) in [4.78, 5) is 26.4. The van der Waals surface area contributed by atoms with Gasteiger partial charge in [0.1, 0.15) is 5.75 Å². The molecule has 0 spiro atoms. The molecule has 29 heavy (non-hydrogen) atoms. The van der Waals surface area contributed by atoms with Gasteiger partial charge in [-0.15, -0.1) is 0 Å². The van der Waals surface area contributed by atoms with Crippen LogP contribution in [-0.4, -0.2) is 53.8 Å². The van der Waals surface area contributed by atoms with Crippen molar-refractivity contribution in [1.82, 2.24) is 10.4 Å². The third-order valence-corrected chi connectivity index (χ3v) is 5.35. The van der Waals surface area contributed by atoms with Gasteiger partial charge in [-0.1, -0.05) is 28.1 Å². The number of amides is 2. The molecule has 0 fully saturated rings. The van der Waals surface area contributed by atoms with E-state index in [2.05, 4.69) is 15.9 Å². The van der Waals surface area contributed by atoms with Gasteiger partial charge in [0, 0.05) is 23.0 Å². The molecule has 0 aliphatic rings. The molecule has 2 aromatic carbocycles. The maximum absolute atomic E-state index is 12.8. The summed E-state index contributed by atoms with van der Waals surface area (Å²) >= 11 is 3.33. The molecule has 0 unspecified atom stereocenters. The number of hydroxylamine groups is 1. The SMILES string of the molecule is COc1cccc(C[C@@H](C[C@@H](CO)N(C)C(=O)c2ccc(Br)cc2)C(=O)NO)c1. The van der Waals surface area contributed by atoms with E-state index in [1.165, 1.54) is 4.90 Å². The first kappa shape index (κ1) is 22.9. The van der Waals surface area contributed by atoms with Gasteiger partial charge in [0.2, 0.25) is 5.91 Å². The third-order valence-electron chi connectivity index (χ3n) is 4.82. The van der Waals surface area contributed by atoms with Gasteiger partial charge in [-0.25, -0.2) is 5.48 Å². The highest BCUT2D eigenvalue weighted by molar-refractivity contribution is 9.10. The summed E-state index contributed by atoms with van der Waals surface area (Å²) in [6.07, 6.45) is 0.499. The second-order valence-corrected chi connectivity index (χ2v) is 7.64. The van der Waals surface area contributed by atoms with Crippen LogP contribution in [0.4, 0.5) is 0 Å². The lowest BCUT2D eigenvalue weighted by molar-refractivity contribution is -0.134. The summed E-state index contributed by atoms with van der Waals surface area (Å²) < 4.78 is 6.06. The molecular weight excluding hydrogens is 440 g/mol. The Balaban J connectivity index is 2.16. The maximum atomic E-state index is 12.8. The third kappa shape index (κ3) is 6.28. The van der Waals surface area contributed by atoms with E-state index in [0.717, 1.165) is 10.0 Å². The molecule has 0 radical (unpaired) electrons. The first-order chi connectivity index (χ1) is 13.9. The number of aliphatic hydroxyl groups is 1. The molecule has 0 saturated carbocycles. The zero-order valence-electron chi connectivity index (χ0n) is 16.3. The first-order valence-corrected chi connectivity index (χ1v) is 9.89. The van der Waals surface area contributed by atoms with Crippen LogP contribution in [0.15, 0.2) is 53.0 Å². The summed E-state index contributed by atoms with van der Waals surface area (Å²) in [6.45, 7) is -0.313. The Morgan fingerprint density at radius 3 is 2.48 bits per heavy atom. The van der Waals surface area contributed by atoms with E-state index in [0.29, 0.717) is 17.7 Å². The Kier molecular flexibility index (Phi) is 8.63. The lowest BCUT2D eigenvalue weighted by Gasteiger charge is -2.29. The Morgan fingerprint density at radius 2 is 1.90 bits per heavy atom. The Bertz CT molecular complexity index is 828. The van der Waals surface area contributed by atoms with Crippen molar-refractivity contribution >= 4 is 27.7 Å². The fraction of sp³-hybridized carbons (Fsp3) is 0.333. The number of methoxy groups -OCH3 is 1. The normalized spacial score (nSPS) is 12.7. The molecule has 0 aliphatic heterocycles. The number of nitrogens with one attached hydrogen (secondary N) is 1. The van der Waals surface area contributed by atoms with Gasteiger partial charge in [-0.05, 0) is 54.8 Å². The van der Waals surface area contributed by atoms with E-state index in [9.17, 15) is 14.7 Å². The van der Waals surface area contributed by atoms with Crippen LogP contribution in [0.3, 0.4) is 0 Å². The quantitative estimate of drug-likeness (QED) is 0.391. The van der Waals surface area contributed by atoms with E-state index < -0.39 is 17.9 Å². The van der Waals surface area contributed by atoms with Gasteiger partial charge in [-0.2, -0.15) is 0 Å². The fourth-order valence-electron chi connectivity index (χ4n) is 3.10. The molecule has 7 nitrogen and oxygen atoms in total. The number of carbonyl (C=O) groups is 2. The van der Waals surface area contributed by atoms with Crippen molar-refractivity contribution in [2.24, 2.45) is 5.92 Å². The average molecular weight is 465 g/mol. The Morgan fingerprint density at radius 1 is 1.21 bits per heavy atom. The number of halogens is 1. The standard InChI is InChI=1S/C21H25BrN2O5/c1-24(21(27)15-6-8-17(22)9-7-15)18(13-25)12-16(20(26)23-28)10-14-4-3-5-19(11-14)29-2/h3-9,11,16,18,25,28H,10,12-13H2,1-2H3,(H,23,26)/t16-,18-/m0/s1. The number of nitrogens with zero attached hydrogens (tertiary/aromatic N) is 1. The molecule has 156 valence electrons. The van der Waals surface area contributed by atoms with Crippen LogP contribution in [0.25, 0.3) is 0 Å². The number of likely N-dealkylation sites (N-methyl/N-ethyl adjacent to an activating group) is 1. The van der Waals surface area contributed by atoms with Gasteiger partial charge in [0.25, 0.3) is 5.91 Å². The predicted molar refractivity (Wildman–Crippen MR) is 112 cm³/mol. The van der Waals surface area contributed by atoms with Gasteiger partial charge >= 0.3 is 0 Å². The molecular formula is C21H25BrN2O5. The molecule has 0 heterocycles. The molecule has 2 rings (SSSR count).